The molecule has 2 rings (SSSR count). The number of primary amides is 1. The van der Waals surface area contributed by atoms with Gasteiger partial charge in [-0.05, 0) is 31.0 Å². The first kappa shape index (κ1) is 14.2. The van der Waals surface area contributed by atoms with E-state index >= 15 is 0 Å². The fraction of sp³-hybridized carbons (Fsp3) is 0.429. The zero-order chi connectivity index (χ0) is 14.7. The van der Waals surface area contributed by atoms with Gasteiger partial charge in [0, 0.05) is 11.6 Å². The molecule has 1 aromatic rings. The van der Waals surface area contributed by atoms with Gasteiger partial charge in [-0.2, -0.15) is 0 Å². The summed E-state index contributed by atoms with van der Waals surface area (Å²) >= 11 is 0. The second-order valence-electron chi connectivity index (χ2n) is 5.04. The second kappa shape index (κ2) is 5.81. The number of hydrogen-bond donors (Lipinski definition) is 3. The van der Waals surface area contributed by atoms with Gasteiger partial charge in [0.1, 0.15) is 0 Å². The molecule has 0 bridgehead atoms. The lowest BCUT2D eigenvalue weighted by molar-refractivity contribution is -0.119. The smallest absolute Gasteiger partial charge is 0.254 e. The molecular formula is C14H18N2O4. The Morgan fingerprint density at radius 3 is 2.40 bits per heavy atom. The molecule has 0 heterocycles. The number of carbonyl (C=O) groups is 2. The molecule has 0 spiro atoms. The van der Waals surface area contributed by atoms with E-state index in [4.69, 9.17) is 5.73 Å². The summed E-state index contributed by atoms with van der Waals surface area (Å²) in [7, 11) is 0. The SMILES string of the molecule is NC(=O)CN(C(=O)c1ccc(O)c(O)c1)C1CCCC1. The van der Waals surface area contributed by atoms with Gasteiger partial charge in [0.25, 0.3) is 5.91 Å². The summed E-state index contributed by atoms with van der Waals surface area (Å²) in [4.78, 5) is 25.1. The first-order valence-electron chi connectivity index (χ1n) is 6.60. The highest BCUT2D eigenvalue weighted by Crippen LogP contribution is 2.28. The Labute approximate surface area is 116 Å². The van der Waals surface area contributed by atoms with Crippen molar-refractivity contribution in [1.82, 2.24) is 4.90 Å². The number of phenols is 2. The van der Waals surface area contributed by atoms with Gasteiger partial charge in [-0.15, -0.1) is 0 Å². The molecule has 1 aliphatic carbocycles. The second-order valence-corrected chi connectivity index (χ2v) is 5.04. The predicted molar refractivity (Wildman–Crippen MR) is 72.3 cm³/mol. The van der Waals surface area contributed by atoms with Crippen molar-refractivity contribution in [3.63, 3.8) is 0 Å². The van der Waals surface area contributed by atoms with Crippen LogP contribution in [0.3, 0.4) is 0 Å². The molecule has 1 aromatic carbocycles. The Hall–Kier alpha value is -2.24. The van der Waals surface area contributed by atoms with Crippen LogP contribution in [0.25, 0.3) is 0 Å². The maximum absolute atomic E-state index is 12.5. The number of carbonyl (C=O) groups excluding carboxylic acids is 2. The first-order chi connectivity index (χ1) is 9.49. The van der Waals surface area contributed by atoms with Crippen molar-refractivity contribution in [1.29, 1.82) is 0 Å². The first-order valence-corrected chi connectivity index (χ1v) is 6.60. The van der Waals surface area contributed by atoms with Crippen molar-refractivity contribution in [2.45, 2.75) is 31.7 Å². The number of rotatable bonds is 4. The van der Waals surface area contributed by atoms with Crippen LogP contribution in [0, 0.1) is 0 Å². The average molecular weight is 278 g/mol. The van der Waals surface area contributed by atoms with E-state index < -0.39 is 5.91 Å². The van der Waals surface area contributed by atoms with E-state index in [1.54, 1.807) is 0 Å². The Balaban J connectivity index is 2.24. The standard InChI is InChI=1S/C14H18N2O4/c15-13(19)8-16(10-3-1-2-4-10)14(20)9-5-6-11(17)12(18)7-9/h5-7,10,17-18H,1-4,8H2,(H2,15,19). The molecule has 1 fully saturated rings. The monoisotopic (exact) mass is 278 g/mol. The van der Waals surface area contributed by atoms with Crippen molar-refractivity contribution in [3.8, 4) is 11.5 Å². The van der Waals surface area contributed by atoms with Gasteiger partial charge in [0.05, 0.1) is 6.54 Å². The van der Waals surface area contributed by atoms with E-state index in [1.165, 1.54) is 23.1 Å². The summed E-state index contributed by atoms with van der Waals surface area (Å²) in [5.74, 6) is -1.57. The molecule has 0 radical (unpaired) electrons. The molecule has 2 amide bonds. The van der Waals surface area contributed by atoms with Crippen molar-refractivity contribution in [3.05, 3.63) is 23.8 Å². The molecule has 1 saturated carbocycles. The summed E-state index contributed by atoms with van der Waals surface area (Å²) in [6.45, 7) is -0.134. The molecule has 1 aliphatic rings. The molecular weight excluding hydrogens is 260 g/mol. The number of amides is 2. The van der Waals surface area contributed by atoms with E-state index in [2.05, 4.69) is 0 Å². The third-order valence-corrected chi connectivity index (χ3v) is 3.57. The Morgan fingerprint density at radius 2 is 1.85 bits per heavy atom. The molecule has 0 unspecified atom stereocenters. The number of nitrogens with zero attached hydrogens (tertiary/aromatic N) is 1. The third-order valence-electron chi connectivity index (χ3n) is 3.57. The van der Waals surface area contributed by atoms with Crippen LogP contribution >= 0.6 is 0 Å². The molecule has 6 nitrogen and oxygen atoms in total. The van der Waals surface area contributed by atoms with E-state index in [-0.39, 0.29) is 35.6 Å². The Morgan fingerprint density at radius 1 is 1.20 bits per heavy atom. The fourth-order valence-corrected chi connectivity index (χ4v) is 2.57. The normalized spacial score (nSPS) is 15.2. The molecule has 108 valence electrons. The number of nitrogens with two attached hydrogens (primary N) is 1. The van der Waals surface area contributed by atoms with Crippen molar-refractivity contribution in [2.75, 3.05) is 6.54 Å². The van der Waals surface area contributed by atoms with Crippen LogP contribution in [-0.4, -0.2) is 39.5 Å². The summed E-state index contributed by atoms with van der Waals surface area (Å²) in [6, 6.07) is 3.87. The van der Waals surface area contributed by atoms with E-state index in [0.29, 0.717) is 0 Å². The highest BCUT2D eigenvalue weighted by Gasteiger charge is 2.28. The van der Waals surface area contributed by atoms with Gasteiger partial charge in [0.2, 0.25) is 5.91 Å². The van der Waals surface area contributed by atoms with Crippen LogP contribution in [0.1, 0.15) is 36.0 Å². The molecule has 4 N–H and O–H groups in total. The van der Waals surface area contributed by atoms with Gasteiger partial charge in [-0.3, -0.25) is 9.59 Å². The van der Waals surface area contributed by atoms with E-state index in [9.17, 15) is 19.8 Å². The molecule has 0 aromatic heterocycles. The van der Waals surface area contributed by atoms with Crippen LogP contribution in [0.2, 0.25) is 0 Å². The van der Waals surface area contributed by atoms with Crippen LogP contribution in [0.4, 0.5) is 0 Å². The minimum absolute atomic E-state index is 0.00551. The summed E-state index contributed by atoms with van der Waals surface area (Å²) < 4.78 is 0. The van der Waals surface area contributed by atoms with Crippen molar-refractivity contribution >= 4 is 11.8 Å². The number of benzene rings is 1. The van der Waals surface area contributed by atoms with Gasteiger partial charge >= 0.3 is 0 Å². The molecule has 6 heteroatoms. The largest absolute Gasteiger partial charge is 0.504 e. The van der Waals surface area contributed by atoms with E-state index in [1.807, 2.05) is 0 Å². The average Bonchev–Trinajstić information content (AvgIpc) is 2.92. The number of aromatic hydroxyl groups is 2. The highest BCUT2D eigenvalue weighted by molar-refractivity contribution is 5.97. The van der Waals surface area contributed by atoms with E-state index in [0.717, 1.165) is 25.7 Å². The summed E-state index contributed by atoms with van der Waals surface area (Å²) in [5, 5.41) is 18.7. The minimum Gasteiger partial charge on any atom is -0.504 e. The Kier molecular flexibility index (Phi) is 4.12. The van der Waals surface area contributed by atoms with Crippen molar-refractivity contribution < 1.29 is 19.8 Å². The van der Waals surface area contributed by atoms with Gasteiger partial charge < -0.3 is 20.8 Å². The van der Waals surface area contributed by atoms with Crippen LogP contribution in [0.15, 0.2) is 18.2 Å². The summed E-state index contributed by atoms with van der Waals surface area (Å²) in [6.07, 6.45) is 3.74. The van der Waals surface area contributed by atoms with Gasteiger partial charge in [-0.1, -0.05) is 12.8 Å². The minimum atomic E-state index is -0.562. The maximum Gasteiger partial charge on any atom is 0.254 e. The lowest BCUT2D eigenvalue weighted by Gasteiger charge is -2.27. The van der Waals surface area contributed by atoms with Crippen LogP contribution in [0.5, 0.6) is 11.5 Å². The van der Waals surface area contributed by atoms with Crippen LogP contribution in [-0.2, 0) is 4.79 Å². The zero-order valence-electron chi connectivity index (χ0n) is 11.1. The van der Waals surface area contributed by atoms with Gasteiger partial charge in [0.15, 0.2) is 11.5 Å². The lowest BCUT2D eigenvalue weighted by atomic mass is 10.1. The lowest BCUT2D eigenvalue weighted by Crippen LogP contribution is -2.44. The molecule has 0 saturated heterocycles. The fourth-order valence-electron chi connectivity index (χ4n) is 2.57. The van der Waals surface area contributed by atoms with Crippen molar-refractivity contribution in [2.24, 2.45) is 5.73 Å². The molecule has 0 aliphatic heterocycles. The third kappa shape index (κ3) is 3.01. The zero-order valence-corrected chi connectivity index (χ0v) is 11.1. The van der Waals surface area contributed by atoms with Crippen LogP contribution < -0.4 is 5.73 Å². The number of phenolic OH excluding ortho intramolecular Hbond substituents is 2. The molecule has 0 atom stereocenters. The predicted octanol–water partition coefficient (Wildman–Crippen LogP) is 0.968. The molecule has 20 heavy (non-hydrogen) atoms. The summed E-state index contributed by atoms with van der Waals surface area (Å²) in [5.41, 5.74) is 5.44. The quantitative estimate of drug-likeness (QED) is 0.714. The number of hydrogen-bond acceptors (Lipinski definition) is 4. The maximum atomic E-state index is 12.5. The highest BCUT2D eigenvalue weighted by atomic mass is 16.3. The topological polar surface area (TPSA) is 104 Å². The Bertz CT molecular complexity index is 524. The van der Waals surface area contributed by atoms with Gasteiger partial charge in [-0.25, -0.2) is 0 Å².